The predicted molar refractivity (Wildman–Crippen MR) is 73.0 cm³/mol. The quantitative estimate of drug-likeness (QED) is 0.771. The van der Waals surface area contributed by atoms with Gasteiger partial charge in [0.15, 0.2) is 0 Å². The van der Waals surface area contributed by atoms with Crippen LogP contribution in [-0.4, -0.2) is 26.4 Å². The summed E-state index contributed by atoms with van der Waals surface area (Å²) in [5.41, 5.74) is 2.12. The van der Waals surface area contributed by atoms with Crippen LogP contribution in [0.15, 0.2) is 24.3 Å². The fraction of sp³-hybridized carbons (Fsp3) is 0.500. The van der Waals surface area contributed by atoms with Gasteiger partial charge < -0.3 is 0 Å². The number of benzene rings is 1. The van der Waals surface area contributed by atoms with Crippen molar-refractivity contribution in [1.29, 1.82) is 0 Å². The van der Waals surface area contributed by atoms with Crippen LogP contribution in [0.4, 0.5) is 0 Å². The van der Waals surface area contributed by atoms with Gasteiger partial charge in [-0.2, -0.15) is 13.1 Å². The Kier molecular flexibility index (Phi) is 5.74. The third-order valence-electron chi connectivity index (χ3n) is 2.80. The Hall–Kier alpha value is -0.950. The molecule has 0 radical (unpaired) electrons. The van der Waals surface area contributed by atoms with Gasteiger partial charge in [-0.15, -0.1) is 0 Å². The first kappa shape index (κ1) is 15.1. The zero-order valence-electron chi connectivity index (χ0n) is 10.9. The van der Waals surface area contributed by atoms with E-state index in [1.54, 1.807) is 0 Å². The summed E-state index contributed by atoms with van der Waals surface area (Å²) in [5, 5.41) is 4.87. The first-order chi connectivity index (χ1) is 8.44. The molecule has 0 spiro atoms. The Bertz CT molecular complexity index is 453. The van der Waals surface area contributed by atoms with Gasteiger partial charge in [0.2, 0.25) is 0 Å². The average molecular weight is 271 g/mol. The van der Waals surface area contributed by atoms with Crippen LogP contribution in [0.1, 0.15) is 25.0 Å². The van der Waals surface area contributed by atoms with E-state index in [0.717, 1.165) is 25.2 Å². The fourth-order valence-corrected chi connectivity index (χ4v) is 2.02. The Morgan fingerprint density at radius 3 is 2.06 bits per heavy atom. The van der Waals surface area contributed by atoms with Crippen molar-refractivity contribution in [2.24, 2.45) is 5.14 Å². The standard InChI is InChI=1S/C12H21N3O2S/c1-3-15(4-2)10-12-7-5-11(6-8-12)9-14-18(13,16)17/h5-8,14H,3-4,9-10H2,1-2H3,(H2,13,16,17). The molecule has 102 valence electrons. The Morgan fingerprint density at radius 2 is 1.61 bits per heavy atom. The summed E-state index contributed by atoms with van der Waals surface area (Å²) in [6.45, 7) is 7.44. The summed E-state index contributed by atoms with van der Waals surface area (Å²) >= 11 is 0. The van der Waals surface area contributed by atoms with E-state index in [1.807, 2.05) is 24.3 Å². The molecule has 6 heteroatoms. The predicted octanol–water partition coefficient (Wildman–Crippen LogP) is 0.822. The number of nitrogens with zero attached hydrogens (tertiary/aromatic N) is 1. The maximum atomic E-state index is 10.8. The van der Waals surface area contributed by atoms with E-state index in [0.29, 0.717) is 0 Å². The molecule has 0 aliphatic carbocycles. The van der Waals surface area contributed by atoms with E-state index in [4.69, 9.17) is 5.14 Å². The smallest absolute Gasteiger partial charge is 0.274 e. The molecule has 1 aromatic rings. The second-order valence-electron chi connectivity index (χ2n) is 4.14. The number of hydrogen-bond acceptors (Lipinski definition) is 3. The van der Waals surface area contributed by atoms with Gasteiger partial charge in [0.1, 0.15) is 0 Å². The summed E-state index contributed by atoms with van der Waals surface area (Å²) in [7, 11) is -3.62. The fourth-order valence-electron chi connectivity index (χ4n) is 1.65. The number of nitrogens with two attached hydrogens (primary N) is 1. The van der Waals surface area contributed by atoms with E-state index in [2.05, 4.69) is 23.5 Å². The van der Waals surface area contributed by atoms with E-state index in [-0.39, 0.29) is 6.54 Å². The van der Waals surface area contributed by atoms with E-state index in [9.17, 15) is 8.42 Å². The molecule has 0 unspecified atom stereocenters. The molecule has 0 heterocycles. The first-order valence-electron chi connectivity index (χ1n) is 6.02. The Labute approximate surface area is 109 Å². The second-order valence-corrected chi connectivity index (χ2v) is 5.52. The molecular formula is C12H21N3O2S. The molecule has 0 aliphatic heterocycles. The maximum absolute atomic E-state index is 10.8. The monoisotopic (exact) mass is 271 g/mol. The van der Waals surface area contributed by atoms with Gasteiger partial charge in [0.25, 0.3) is 10.2 Å². The van der Waals surface area contributed by atoms with Gasteiger partial charge in [-0.1, -0.05) is 38.1 Å². The van der Waals surface area contributed by atoms with E-state index in [1.165, 1.54) is 5.56 Å². The molecular weight excluding hydrogens is 250 g/mol. The maximum Gasteiger partial charge on any atom is 0.274 e. The summed E-state index contributed by atoms with van der Waals surface area (Å²) < 4.78 is 23.8. The molecule has 0 atom stereocenters. The third-order valence-corrected chi connectivity index (χ3v) is 3.35. The minimum absolute atomic E-state index is 0.227. The summed E-state index contributed by atoms with van der Waals surface area (Å²) in [6.07, 6.45) is 0. The molecule has 0 amide bonds. The van der Waals surface area contributed by atoms with Crippen LogP contribution in [0.25, 0.3) is 0 Å². The van der Waals surface area contributed by atoms with Crippen LogP contribution < -0.4 is 9.86 Å². The highest BCUT2D eigenvalue weighted by molar-refractivity contribution is 7.87. The zero-order valence-corrected chi connectivity index (χ0v) is 11.7. The SMILES string of the molecule is CCN(CC)Cc1ccc(CNS(N)(=O)=O)cc1. The molecule has 18 heavy (non-hydrogen) atoms. The molecule has 0 aromatic heterocycles. The molecule has 3 N–H and O–H groups in total. The Balaban J connectivity index is 2.57. The van der Waals surface area contributed by atoms with Gasteiger partial charge in [-0.25, -0.2) is 5.14 Å². The average Bonchev–Trinajstić information content (AvgIpc) is 2.34. The van der Waals surface area contributed by atoms with Crippen LogP contribution in [0.5, 0.6) is 0 Å². The van der Waals surface area contributed by atoms with Crippen molar-refractivity contribution in [2.45, 2.75) is 26.9 Å². The topological polar surface area (TPSA) is 75.4 Å². The Morgan fingerprint density at radius 1 is 1.11 bits per heavy atom. The van der Waals surface area contributed by atoms with Crippen LogP contribution in [-0.2, 0) is 23.3 Å². The molecule has 0 fully saturated rings. The third kappa shape index (κ3) is 5.59. The van der Waals surface area contributed by atoms with Crippen molar-refractivity contribution in [2.75, 3.05) is 13.1 Å². The molecule has 0 aliphatic rings. The van der Waals surface area contributed by atoms with E-state index >= 15 is 0 Å². The van der Waals surface area contributed by atoms with Crippen molar-refractivity contribution in [3.63, 3.8) is 0 Å². The van der Waals surface area contributed by atoms with Crippen molar-refractivity contribution in [3.8, 4) is 0 Å². The second kappa shape index (κ2) is 6.84. The number of hydrogen-bond donors (Lipinski definition) is 2. The van der Waals surface area contributed by atoms with Crippen molar-refractivity contribution in [1.82, 2.24) is 9.62 Å². The largest absolute Gasteiger partial charge is 0.300 e. The van der Waals surface area contributed by atoms with Crippen LogP contribution in [0.2, 0.25) is 0 Å². The number of rotatable bonds is 7. The molecule has 0 saturated carbocycles. The zero-order chi connectivity index (χ0) is 13.6. The molecule has 0 saturated heterocycles. The highest BCUT2D eigenvalue weighted by Gasteiger charge is 2.03. The summed E-state index contributed by atoms with van der Waals surface area (Å²) in [5.74, 6) is 0. The van der Waals surface area contributed by atoms with Crippen LogP contribution in [0, 0.1) is 0 Å². The lowest BCUT2D eigenvalue weighted by Crippen LogP contribution is -2.30. The number of nitrogens with one attached hydrogen (secondary N) is 1. The minimum Gasteiger partial charge on any atom is -0.300 e. The van der Waals surface area contributed by atoms with Crippen molar-refractivity contribution in [3.05, 3.63) is 35.4 Å². The summed E-state index contributed by atoms with van der Waals surface area (Å²) in [6, 6.07) is 7.85. The van der Waals surface area contributed by atoms with Crippen molar-refractivity contribution >= 4 is 10.2 Å². The lowest BCUT2D eigenvalue weighted by atomic mass is 10.1. The lowest BCUT2D eigenvalue weighted by Gasteiger charge is -2.18. The summed E-state index contributed by atoms with van der Waals surface area (Å²) in [4.78, 5) is 2.32. The minimum atomic E-state index is -3.62. The first-order valence-corrected chi connectivity index (χ1v) is 7.56. The highest BCUT2D eigenvalue weighted by atomic mass is 32.2. The molecule has 5 nitrogen and oxygen atoms in total. The van der Waals surface area contributed by atoms with Crippen molar-refractivity contribution < 1.29 is 8.42 Å². The van der Waals surface area contributed by atoms with Gasteiger partial charge >= 0.3 is 0 Å². The van der Waals surface area contributed by atoms with Gasteiger partial charge in [0.05, 0.1) is 0 Å². The van der Waals surface area contributed by atoms with E-state index < -0.39 is 10.2 Å². The highest BCUT2D eigenvalue weighted by Crippen LogP contribution is 2.07. The normalized spacial score (nSPS) is 12.0. The van der Waals surface area contributed by atoms with Gasteiger partial charge in [-0.3, -0.25) is 4.90 Å². The molecule has 0 bridgehead atoms. The van der Waals surface area contributed by atoms with Gasteiger partial charge in [0, 0.05) is 13.1 Å². The van der Waals surface area contributed by atoms with Gasteiger partial charge in [-0.05, 0) is 24.2 Å². The van der Waals surface area contributed by atoms with Crippen LogP contribution in [0.3, 0.4) is 0 Å². The molecule has 1 aromatic carbocycles. The lowest BCUT2D eigenvalue weighted by molar-refractivity contribution is 0.296. The van der Waals surface area contributed by atoms with Crippen LogP contribution >= 0.6 is 0 Å². The molecule has 1 rings (SSSR count).